The van der Waals surface area contributed by atoms with Crippen molar-refractivity contribution in [1.82, 2.24) is 9.55 Å². The molecule has 0 saturated carbocycles. The molecule has 26 heavy (non-hydrogen) atoms. The van der Waals surface area contributed by atoms with Crippen molar-refractivity contribution in [3.8, 4) is 12.3 Å². The number of rotatable bonds is 4. The maximum Gasteiger partial charge on any atom is 0.227 e. The van der Waals surface area contributed by atoms with Crippen molar-refractivity contribution in [2.45, 2.75) is 23.8 Å². The number of hydrogen-bond donors (Lipinski definition) is 0. The van der Waals surface area contributed by atoms with E-state index in [1.807, 2.05) is 47.6 Å². The summed E-state index contributed by atoms with van der Waals surface area (Å²) in [7, 11) is 0. The fraction of sp³-hybridized carbons (Fsp3) is 0.238. The van der Waals surface area contributed by atoms with E-state index in [0.29, 0.717) is 19.5 Å². The number of anilines is 1. The van der Waals surface area contributed by atoms with Crippen molar-refractivity contribution in [3.63, 3.8) is 0 Å². The second-order valence-electron chi connectivity index (χ2n) is 6.36. The number of aromatic nitrogens is 2. The normalized spacial score (nSPS) is 17.0. The number of benzene rings is 2. The predicted octanol–water partition coefficient (Wildman–Crippen LogP) is 3.91. The van der Waals surface area contributed by atoms with E-state index >= 15 is 0 Å². The number of carbonyl (C=O) groups excluding carboxylic acids is 1. The molecule has 2 aromatic carbocycles. The molecule has 0 unspecified atom stereocenters. The maximum atomic E-state index is 12.7. The summed E-state index contributed by atoms with van der Waals surface area (Å²) in [5.74, 6) is 3.80. The van der Waals surface area contributed by atoms with Gasteiger partial charge in [0.05, 0.1) is 17.6 Å². The Morgan fingerprint density at radius 3 is 2.92 bits per heavy atom. The largest absolute Gasteiger partial charge is 0.316 e. The Kier molecular flexibility index (Phi) is 4.44. The molecule has 1 amide bonds. The number of fused-ring (bicyclic) bond motifs is 1. The first kappa shape index (κ1) is 16.7. The van der Waals surface area contributed by atoms with Crippen LogP contribution in [0.2, 0.25) is 0 Å². The third-order valence-corrected chi connectivity index (χ3v) is 5.51. The van der Waals surface area contributed by atoms with Crippen LogP contribution in [-0.2, 0) is 11.3 Å². The van der Waals surface area contributed by atoms with Gasteiger partial charge >= 0.3 is 0 Å². The Balaban J connectivity index is 1.70. The molecule has 5 heteroatoms. The zero-order valence-corrected chi connectivity index (χ0v) is 15.4. The van der Waals surface area contributed by atoms with Gasteiger partial charge in [-0.15, -0.1) is 18.2 Å². The van der Waals surface area contributed by atoms with Crippen molar-refractivity contribution in [3.05, 3.63) is 54.4 Å². The number of imidazole rings is 1. The molecule has 1 aromatic heterocycles. The van der Waals surface area contributed by atoms with Gasteiger partial charge in [-0.3, -0.25) is 4.79 Å². The lowest BCUT2D eigenvalue weighted by atomic mass is 10.1. The Morgan fingerprint density at radius 2 is 2.12 bits per heavy atom. The summed E-state index contributed by atoms with van der Waals surface area (Å²) in [5.41, 5.74) is 2.90. The standard InChI is InChI=1S/C21H19N3OS/c1-3-11-23-19-10-5-4-9-18(19)22-21(23)15-12-20(25)24(14-15)16-7-6-8-17(13-16)26-2/h1,4-10,13,15H,11-12,14H2,2H3/t15-/m0/s1. The summed E-state index contributed by atoms with van der Waals surface area (Å²) in [5, 5.41) is 0. The minimum Gasteiger partial charge on any atom is -0.316 e. The number of thioether (sulfide) groups is 1. The van der Waals surface area contributed by atoms with Gasteiger partial charge in [-0.2, -0.15) is 0 Å². The fourth-order valence-electron chi connectivity index (χ4n) is 3.57. The molecule has 4 nitrogen and oxygen atoms in total. The van der Waals surface area contributed by atoms with E-state index in [1.165, 1.54) is 0 Å². The van der Waals surface area contributed by atoms with Gasteiger partial charge in [-0.1, -0.05) is 24.1 Å². The van der Waals surface area contributed by atoms with E-state index < -0.39 is 0 Å². The van der Waals surface area contributed by atoms with Crippen molar-refractivity contribution < 1.29 is 4.79 Å². The minimum absolute atomic E-state index is 0.0428. The zero-order valence-electron chi connectivity index (χ0n) is 14.6. The van der Waals surface area contributed by atoms with Gasteiger partial charge in [0, 0.05) is 29.5 Å². The average Bonchev–Trinajstić information content (AvgIpc) is 3.23. The summed E-state index contributed by atoms with van der Waals surface area (Å²) in [6.07, 6.45) is 8.07. The van der Waals surface area contributed by atoms with Gasteiger partial charge in [-0.05, 0) is 36.6 Å². The first-order chi connectivity index (χ1) is 12.7. The lowest BCUT2D eigenvalue weighted by Crippen LogP contribution is -2.24. The van der Waals surface area contributed by atoms with Crippen LogP contribution in [-0.4, -0.2) is 28.3 Å². The number of nitrogens with zero attached hydrogens (tertiary/aromatic N) is 3. The van der Waals surface area contributed by atoms with Crippen molar-refractivity contribution in [2.75, 3.05) is 17.7 Å². The van der Waals surface area contributed by atoms with E-state index in [1.54, 1.807) is 11.8 Å². The molecule has 0 spiro atoms. The molecule has 3 aromatic rings. The maximum absolute atomic E-state index is 12.7. The van der Waals surface area contributed by atoms with Crippen molar-refractivity contribution in [2.24, 2.45) is 0 Å². The van der Waals surface area contributed by atoms with Crippen LogP contribution in [0.3, 0.4) is 0 Å². The summed E-state index contributed by atoms with van der Waals surface area (Å²) in [6.45, 7) is 1.09. The molecule has 1 saturated heterocycles. The number of amides is 1. The Hall–Kier alpha value is -2.71. The highest BCUT2D eigenvalue weighted by atomic mass is 32.2. The lowest BCUT2D eigenvalue weighted by Gasteiger charge is -2.17. The number of carbonyl (C=O) groups is 1. The number of terminal acetylenes is 1. The van der Waals surface area contributed by atoms with Gasteiger partial charge in [-0.25, -0.2) is 4.98 Å². The highest BCUT2D eigenvalue weighted by Crippen LogP contribution is 2.34. The van der Waals surface area contributed by atoms with E-state index in [2.05, 4.69) is 22.6 Å². The molecule has 0 aliphatic carbocycles. The molecule has 1 aliphatic rings. The van der Waals surface area contributed by atoms with E-state index in [0.717, 1.165) is 27.4 Å². The highest BCUT2D eigenvalue weighted by molar-refractivity contribution is 7.98. The lowest BCUT2D eigenvalue weighted by molar-refractivity contribution is -0.117. The molecular formula is C21H19N3OS. The van der Waals surface area contributed by atoms with Crippen LogP contribution in [0.25, 0.3) is 11.0 Å². The SMILES string of the molecule is C#CCn1c([C@H]2CC(=O)N(c3cccc(SC)c3)C2)nc2ccccc21. The van der Waals surface area contributed by atoms with Gasteiger partial charge in [0.25, 0.3) is 0 Å². The van der Waals surface area contributed by atoms with Gasteiger partial charge in [0.1, 0.15) is 5.82 Å². The van der Waals surface area contributed by atoms with Gasteiger partial charge in [0.15, 0.2) is 0 Å². The van der Waals surface area contributed by atoms with Gasteiger partial charge < -0.3 is 9.47 Å². The molecule has 0 radical (unpaired) electrons. The van der Waals surface area contributed by atoms with E-state index in [4.69, 9.17) is 11.4 Å². The molecule has 130 valence electrons. The molecule has 1 fully saturated rings. The second-order valence-corrected chi connectivity index (χ2v) is 7.24. The van der Waals surface area contributed by atoms with Crippen molar-refractivity contribution >= 4 is 34.4 Å². The summed E-state index contributed by atoms with van der Waals surface area (Å²) in [4.78, 5) is 20.5. The number of hydrogen-bond acceptors (Lipinski definition) is 3. The number of para-hydroxylation sites is 2. The van der Waals surface area contributed by atoms with Crippen LogP contribution in [0.5, 0.6) is 0 Å². The Morgan fingerprint density at radius 1 is 1.27 bits per heavy atom. The van der Waals surface area contributed by atoms with Crippen LogP contribution in [0, 0.1) is 12.3 Å². The quantitative estimate of drug-likeness (QED) is 0.522. The highest BCUT2D eigenvalue weighted by Gasteiger charge is 2.34. The molecule has 1 aliphatic heterocycles. The molecule has 0 N–H and O–H groups in total. The van der Waals surface area contributed by atoms with E-state index in [9.17, 15) is 4.79 Å². The second kappa shape index (κ2) is 6.89. The summed E-state index contributed by atoms with van der Waals surface area (Å²) >= 11 is 1.68. The molecule has 4 rings (SSSR count). The van der Waals surface area contributed by atoms with Crippen LogP contribution < -0.4 is 4.90 Å². The minimum atomic E-state index is 0.0428. The third-order valence-electron chi connectivity index (χ3n) is 4.79. The molecule has 0 bridgehead atoms. The average molecular weight is 361 g/mol. The first-order valence-electron chi connectivity index (χ1n) is 8.54. The topological polar surface area (TPSA) is 38.1 Å². The Bertz CT molecular complexity index is 1020. The van der Waals surface area contributed by atoms with Crippen LogP contribution in [0.15, 0.2) is 53.4 Å². The fourth-order valence-corrected chi connectivity index (χ4v) is 4.02. The van der Waals surface area contributed by atoms with Crippen molar-refractivity contribution in [1.29, 1.82) is 0 Å². The predicted molar refractivity (Wildman–Crippen MR) is 107 cm³/mol. The third kappa shape index (κ3) is 2.87. The van der Waals surface area contributed by atoms with Crippen LogP contribution in [0.4, 0.5) is 5.69 Å². The zero-order chi connectivity index (χ0) is 18.1. The molecule has 1 atom stereocenters. The molecular weight excluding hydrogens is 342 g/mol. The van der Waals surface area contributed by atoms with Crippen LogP contribution >= 0.6 is 11.8 Å². The smallest absolute Gasteiger partial charge is 0.227 e. The Labute approximate surface area is 157 Å². The summed E-state index contributed by atoms with van der Waals surface area (Å²) in [6, 6.07) is 16.1. The monoisotopic (exact) mass is 361 g/mol. The van der Waals surface area contributed by atoms with Crippen LogP contribution in [0.1, 0.15) is 18.2 Å². The van der Waals surface area contributed by atoms with Gasteiger partial charge in [0.2, 0.25) is 5.91 Å². The summed E-state index contributed by atoms with van der Waals surface area (Å²) < 4.78 is 2.06. The molecule has 2 heterocycles. The first-order valence-corrected chi connectivity index (χ1v) is 9.77. The van der Waals surface area contributed by atoms with E-state index in [-0.39, 0.29) is 11.8 Å².